The summed E-state index contributed by atoms with van der Waals surface area (Å²) >= 11 is 0. The molecule has 1 aromatic rings. The number of nitrogens with one attached hydrogen (secondary N) is 1. The first-order valence-corrected chi connectivity index (χ1v) is 7.93. The normalized spacial score (nSPS) is 35.5. The van der Waals surface area contributed by atoms with E-state index in [1.807, 2.05) is 0 Å². The van der Waals surface area contributed by atoms with Crippen LogP contribution in [0.3, 0.4) is 0 Å². The zero-order valence-corrected chi connectivity index (χ0v) is 12.0. The Labute approximate surface area is 124 Å². The highest BCUT2D eigenvalue weighted by Crippen LogP contribution is 2.65. The molecule has 4 atom stereocenters. The lowest BCUT2D eigenvalue weighted by Crippen LogP contribution is -2.27. The lowest BCUT2D eigenvalue weighted by Gasteiger charge is -2.11. The van der Waals surface area contributed by atoms with Crippen molar-refractivity contribution in [2.75, 3.05) is 13.2 Å². The first-order valence-electron chi connectivity index (χ1n) is 7.93. The van der Waals surface area contributed by atoms with Crippen LogP contribution in [0.2, 0.25) is 0 Å². The van der Waals surface area contributed by atoms with Crippen LogP contribution >= 0.6 is 0 Å². The maximum atomic E-state index is 10.8. The van der Waals surface area contributed by atoms with Crippen LogP contribution in [-0.4, -0.2) is 30.3 Å². The third kappa shape index (κ3) is 2.31. The highest BCUT2D eigenvalue weighted by molar-refractivity contribution is 5.87. The van der Waals surface area contributed by atoms with Crippen LogP contribution in [0.5, 0.6) is 5.75 Å². The summed E-state index contributed by atoms with van der Waals surface area (Å²) in [6.45, 7) is 1.51. The Kier molecular flexibility index (Phi) is 3.14. The fourth-order valence-corrected chi connectivity index (χ4v) is 4.69. The van der Waals surface area contributed by atoms with Gasteiger partial charge in [-0.2, -0.15) is 0 Å². The number of carbonyl (C=O) groups is 1. The van der Waals surface area contributed by atoms with Gasteiger partial charge in [0.05, 0.1) is 5.56 Å². The van der Waals surface area contributed by atoms with E-state index in [4.69, 9.17) is 9.84 Å². The van der Waals surface area contributed by atoms with Crippen LogP contribution in [0.1, 0.15) is 29.6 Å². The Morgan fingerprint density at radius 3 is 2.48 bits per heavy atom. The zero-order chi connectivity index (χ0) is 14.4. The summed E-state index contributed by atoms with van der Waals surface area (Å²) < 4.78 is 5.65. The maximum absolute atomic E-state index is 10.8. The highest BCUT2D eigenvalue weighted by Gasteiger charge is 2.64. The van der Waals surface area contributed by atoms with Crippen molar-refractivity contribution in [1.29, 1.82) is 0 Å². The molecular formula is C17H21NO3. The van der Waals surface area contributed by atoms with Crippen molar-refractivity contribution in [1.82, 2.24) is 5.32 Å². The highest BCUT2D eigenvalue weighted by atomic mass is 16.5. The fraction of sp³-hybridized carbons (Fsp3) is 0.588. The Bertz CT molecular complexity index is 525. The van der Waals surface area contributed by atoms with E-state index in [2.05, 4.69) is 5.32 Å². The molecular weight excluding hydrogens is 266 g/mol. The summed E-state index contributed by atoms with van der Waals surface area (Å²) in [5.74, 6) is 3.75. The van der Waals surface area contributed by atoms with E-state index in [0.717, 1.165) is 42.0 Å². The number of ether oxygens (including phenoxy) is 1. The number of hydrogen-bond acceptors (Lipinski definition) is 3. The van der Waals surface area contributed by atoms with Crippen LogP contribution in [0.4, 0.5) is 0 Å². The largest absolute Gasteiger partial charge is 0.492 e. The summed E-state index contributed by atoms with van der Waals surface area (Å²) in [6, 6.07) is 7.34. The van der Waals surface area contributed by atoms with E-state index in [1.54, 1.807) is 24.3 Å². The van der Waals surface area contributed by atoms with Crippen molar-refractivity contribution in [3.8, 4) is 5.75 Å². The van der Waals surface area contributed by atoms with E-state index in [1.165, 1.54) is 19.3 Å². The van der Waals surface area contributed by atoms with E-state index < -0.39 is 5.97 Å². The van der Waals surface area contributed by atoms with Gasteiger partial charge >= 0.3 is 5.97 Å². The first kappa shape index (κ1) is 13.1. The second-order valence-electron chi connectivity index (χ2n) is 6.65. The van der Waals surface area contributed by atoms with Crippen molar-refractivity contribution < 1.29 is 14.6 Å². The van der Waals surface area contributed by atoms with Crippen LogP contribution in [0, 0.1) is 23.7 Å². The van der Waals surface area contributed by atoms with Crippen molar-refractivity contribution in [3.05, 3.63) is 29.8 Å². The molecule has 0 aliphatic heterocycles. The number of carboxylic acids is 1. The van der Waals surface area contributed by atoms with Crippen LogP contribution in [-0.2, 0) is 0 Å². The maximum Gasteiger partial charge on any atom is 0.335 e. The van der Waals surface area contributed by atoms with Gasteiger partial charge in [0.15, 0.2) is 0 Å². The third-order valence-corrected chi connectivity index (χ3v) is 5.59. The molecule has 0 spiro atoms. The van der Waals surface area contributed by atoms with E-state index >= 15 is 0 Å². The fourth-order valence-electron chi connectivity index (χ4n) is 4.69. The van der Waals surface area contributed by atoms with Gasteiger partial charge in [-0.25, -0.2) is 4.79 Å². The minimum atomic E-state index is -0.905. The number of rotatable bonds is 6. The summed E-state index contributed by atoms with van der Waals surface area (Å²) in [4.78, 5) is 10.8. The van der Waals surface area contributed by atoms with Crippen LogP contribution in [0.25, 0.3) is 0 Å². The third-order valence-electron chi connectivity index (χ3n) is 5.59. The average molecular weight is 287 g/mol. The molecule has 0 aromatic heterocycles. The van der Waals surface area contributed by atoms with E-state index in [0.29, 0.717) is 12.2 Å². The minimum absolute atomic E-state index is 0.293. The predicted molar refractivity (Wildman–Crippen MR) is 78.5 cm³/mol. The summed E-state index contributed by atoms with van der Waals surface area (Å²) in [6.07, 6.45) is 4.40. The van der Waals surface area contributed by atoms with Crippen molar-refractivity contribution in [2.24, 2.45) is 23.7 Å². The molecule has 0 saturated heterocycles. The molecule has 3 aliphatic carbocycles. The molecule has 21 heavy (non-hydrogen) atoms. The Morgan fingerprint density at radius 2 is 1.86 bits per heavy atom. The molecule has 2 N–H and O–H groups in total. The zero-order valence-electron chi connectivity index (χ0n) is 12.0. The monoisotopic (exact) mass is 287 g/mol. The Morgan fingerprint density at radius 1 is 1.19 bits per heavy atom. The number of hydrogen-bond donors (Lipinski definition) is 2. The van der Waals surface area contributed by atoms with Gasteiger partial charge < -0.3 is 15.2 Å². The molecule has 0 radical (unpaired) electrons. The molecule has 4 rings (SSSR count). The predicted octanol–water partition coefficient (Wildman–Crippen LogP) is 2.40. The van der Waals surface area contributed by atoms with Gasteiger partial charge in [0.25, 0.3) is 0 Å². The molecule has 2 bridgehead atoms. The topological polar surface area (TPSA) is 58.6 Å². The number of carboxylic acid groups (broad SMARTS) is 1. The molecule has 0 heterocycles. The lowest BCUT2D eigenvalue weighted by atomic mass is 10.0. The molecule has 4 unspecified atom stereocenters. The van der Waals surface area contributed by atoms with Gasteiger partial charge in [0, 0.05) is 12.6 Å². The van der Waals surface area contributed by atoms with Crippen molar-refractivity contribution in [2.45, 2.75) is 25.3 Å². The van der Waals surface area contributed by atoms with Gasteiger partial charge in [0.1, 0.15) is 12.4 Å². The second-order valence-corrected chi connectivity index (χ2v) is 6.65. The standard InChI is InChI=1S/C17H21NO3/c19-17(20)10-3-5-13(6-4-10)21-8-7-18-16-14-11-1-2-12(9-11)15(14)16/h3-6,11-12,14-16,18H,1-2,7-9H2,(H,19,20). The van der Waals surface area contributed by atoms with Gasteiger partial charge in [-0.15, -0.1) is 0 Å². The van der Waals surface area contributed by atoms with Crippen molar-refractivity contribution >= 4 is 5.97 Å². The van der Waals surface area contributed by atoms with Crippen LogP contribution < -0.4 is 10.1 Å². The molecule has 1 aromatic carbocycles. The van der Waals surface area contributed by atoms with Gasteiger partial charge in [-0.1, -0.05) is 0 Å². The molecule has 112 valence electrons. The van der Waals surface area contributed by atoms with Gasteiger partial charge in [0.2, 0.25) is 0 Å². The average Bonchev–Trinajstić information content (AvgIpc) is 2.88. The molecule has 3 fully saturated rings. The molecule has 3 saturated carbocycles. The van der Waals surface area contributed by atoms with Crippen molar-refractivity contribution in [3.63, 3.8) is 0 Å². The van der Waals surface area contributed by atoms with Gasteiger partial charge in [-0.3, -0.25) is 0 Å². The summed E-state index contributed by atoms with van der Waals surface area (Å²) in [5.41, 5.74) is 0.293. The number of aromatic carboxylic acids is 1. The first-order chi connectivity index (χ1) is 10.2. The molecule has 0 amide bonds. The second kappa shape index (κ2) is 5.02. The molecule has 4 heteroatoms. The van der Waals surface area contributed by atoms with Gasteiger partial charge in [-0.05, 0) is 67.2 Å². The van der Waals surface area contributed by atoms with E-state index in [-0.39, 0.29) is 0 Å². The Balaban J connectivity index is 1.20. The summed E-state index contributed by atoms with van der Waals surface area (Å²) in [7, 11) is 0. The Hall–Kier alpha value is -1.55. The summed E-state index contributed by atoms with van der Waals surface area (Å²) in [5, 5.41) is 12.5. The number of benzene rings is 1. The number of fused-ring (bicyclic) bond motifs is 5. The molecule has 3 aliphatic rings. The van der Waals surface area contributed by atoms with E-state index in [9.17, 15) is 4.79 Å². The lowest BCUT2D eigenvalue weighted by molar-refractivity contribution is 0.0697. The molecule has 4 nitrogen and oxygen atoms in total. The van der Waals surface area contributed by atoms with Crippen LogP contribution in [0.15, 0.2) is 24.3 Å². The SMILES string of the molecule is O=C(O)c1ccc(OCCNC2C3C4CCC(C4)C23)cc1. The quantitative estimate of drug-likeness (QED) is 0.789. The minimum Gasteiger partial charge on any atom is -0.492 e. The smallest absolute Gasteiger partial charge is 0.335 e.